The summed E-state index contributed by atoms with van der Waals surface area (Å²) >= 11 is 0. The smallest absolute Gasteiger partial charge is 0.379 e. The van der Waals surface area contributed by atoms with Crippen molar-refractivity contribution in [3.8, 4) is 0 Å². The van der Waals surface area contributed by atoms with Gasteiger partial charge in [0.1, 0.15) is 8.24 Å². The molecule has 0 amide bonds. The second kappa shape index (κ2) is 12.9. The van der Waals surface area contributed by atoms with E-state index in [1.807, 2.05) is 0 Å². The predicted octanol–water partition coefficient (Wildman–Crippen LogP) is 3.77. The predicted molar refractivity (Wildman–Crippen MR) is 103 cm³/mol. The minimum atomic E-state index is -1.67. The van der Waals surface area contributed by atoms with Crippen LogP contribution in [0.5, 0.6) is 0 Å². The monoisotopic (exact) mass is 357 g/mol. The molecular formula is C17H35NO3Si2. The average molecular weight is 358 g/mol. The summed E-state index contributed by atoms with van der Waals surface area (Å²) in [4.78, 5) is 0. The largest absolute Gasteiger partial charge is 0.483 e. The van der Waals surface area contributed by atoms with Crippen molar-refractivity contribution in [3.63, 3.8) is 0 Å². The molecule has 0 fully saturated rings. The van der Waals surface area contributed by atoms with Gasteiger partial charge in [0.25, 0.3) is 0 Å². The van der Waals surface area contributed by atoms with Crippen molar-refractivity contribution in [1.29, 1.82) is 0 Å². The molecule has 0 atom stereocenters. The molecular weight excluding hydrogens is 322 g/mol. The van der Waals surface area contributed by atoms with Crippen molar-refractivity contribution >= 4 is 17.8 Å². The second-order valence-corrected chi connectivity index (χ2v) is 12.9. The maximum Gasteiger partial charge on any atom is 0.483 e. The lowest BCUT2D eigenvalue weighted by Crippen LogP contribution is -2.49. The van der Waals surface area contributed by atoms with Crippen LogP contribution in [0.1, 0.15) is 26.3 Å². The molecule has 1 rings (SSSR count). The van der Waals surface area contributed by atoms with Gasteiger partial charge in [0, 0.05) is 27.9 Å². The summed E-state index contributed by atoms with van der Waals surface area (Å²) in [6.07, 6.45) is 0. The first-order valence-electron chi connectivity index (χ1n) is 8.37. The van der Waals surface area contributed by atoms with Crippen molar-refractivity contribution in [2.24, 2.45) is 0 Å². The van der Waals surface area contributed by atoms with Gasteiger partial charge >= 0.3 is 9.53 Å². The van der Waals surface area contributed by atoms with Gasteiger partial charge in [0.2, 0.25) is 0 Å². The highest BCUT2D eigenvalue weighted by molar-refractivity contribution is 6.76. The lowest BCUT2D eigenvalue weighted by molar-refractivity contribution is 0.163. The zero-order valence-corrected chi connectivity index (χ0v) is 18.1. The van der Waals surface area contributed by atoms with Crippen LogP contribution in [0.3, 0.4) is 0 Å². The molecule has 23 heavy (non-hydrogen) atoms. The molecule has 0 aromatic heterocycles. The molecule has 134 valence electrons. The van der Waals surface area contributed by atoms with Gasteiger partial charge < -0.3 is 17.8 Å². The molecule has 0 N–H and O–H groups in total. The number of benzene rings is 1. The molecule has 0 radical (unpaired) electrons. The molecule has 0 saturated carbocycles. The maximum absolute atomic E-state index is 4.74. The van der Waals surface area contributed by atoms with Crippen molar-refractivity contribution in [1.82, 2.24) is 4.57 Å². The van der Waals surface area contributed by atoms with Crippen LogP contribution in [0.25, 0.3) is 0 Å². The van der Waals surface area contributed by atoms with Crippen LogP contribution in [0.2, 0.25) is 18.1 Å². The summed E-state index contributed by atoms with van der Waals surface area (Å²) < 4.78 is 16.9. The number of hydrogen-bond acceptors (Lipinski definition) is 4. The molecule has 0 saturated heterocycles. The summed E-state index contributed by atoms with van der Waals surface area (Å²) in [5.74, 6) is 0. The van der Waals surface area contributed by atoms with Crippen molar-refractivity contribution in [2.75, 3.05) is 28.4 Å². The van der Waals surface area contributed by atoms with Gasteiger partial charge in [-0.2, -0.15) is 0 Å². The van der Waals surface area contributed by atoms with Crippen LogP contribution >= 0.6 is 0 Å². The van der Waals surface area contributed by atoms with E-state index in [1.165, 1.54) is 23.7 Å². The Morgan fingerprint density at radius 2 is 1.30 bits per heavy atom. The Labute approximate surface area is 145 Å². The van der Waals surface area contributed by atoms with Gasteiger partial charge in [-0.1, -0.05) is 51.1 Å². The zero-order valence-electron chi connectivity index (χ0n) is 16.0. The van der Waals surface area contributed by atoms with E-state index in [0.29, 0.717) is 0 Å². The fraction of sp³-hybridized carbons (Fsp3) is 0.647. The Hall–Kier alpha value is -0.506. The summed E-state index contributed by atoms with van der Waals surface area (Å²) in [5, 5.41) is 0. The van der Waals surface area contributed by atoms with E-state index in [9.17, 15) is 0 Å². The summed E-state index contributed by atoms with van der Waals surface area (Å²) in [7, 11) is 4.19. The molecule has 0 aliphatic heterocycles. The Morgan fingerprint density at radius 1 is 0.870 bits per heavy atom. The maximum atomic E-state index is 4.74. The van der Waals surface area contributed by atoms with Gasteiger partial charge in [-0.3, -0.25) is 0 Å². The van der Waals surface area contributed by atoms with Gasteiger partial charge in [0.05, 0.1) is 0 Å². The minimum absolute atomic E-state index is 1.11. The third-order valence-corrected chi connectivity index (χ3v) is 11.5. The van der Waals surface area contributed by atoms with Crippen LogP contribution in [0.4, 0.5) is 0 Å². The van der Waals surface area contributed by atoms with E-state index in [1.54, 1.807) is 21.3 Å². The molecule has 0 aliphatic carbocycles. The Kier molecular flexibility index (Phi) is 12.6. The van der Waals surface area contributed by atoms with Crippen LogP contribution in [-0.2, 0) is 19.8 Å². The summed E-state index contributed by atoms with van der Waals surface area (Å²) in [6.45, 7) is 8.20. The number of nitrogens with zero attached hydrogens (tertiary/aromatic N) is 1. The lowest BCUT2D eigenvalue weighted by atomic mass is 10.2. The van der Waals surface area contributed by atoms with Gasteiger partial charge in [-0.25, -0.2) is 0 Å². The first-order chi connectivity index (χ1) is 11.0. The average Bonchev–Trinajstić information content (AvgIpc) is 2.60. The Morgan fingerprint density at radius 3 is 1.61 bits per heavy atom. The summed E-state index contributed by atoms with van der Waals surface area (Å²) in [5.41, 5.74) is 1.44. The molecule has 1 aromatic carbocycles. The molecule has 0 bridgehead atoms. The third-order valence-electron chi connectivity index (χ3n) is 4.62. The van der Waals surface area contributed by atoms with Crippen LogP contribution in [-0.4, -0.2) is 50.7 Å². The number of rotatable bonds is 9. The molecule has 1 aromatic rings. The van der Waals surface area contributed by atoms with Crippen molar-refractivity contribution in [2.45, 2.75) is 45.4 Å². The van der Waals surface area contributed by atoms with Gasteiger partial charge in [0.15, 0.2) is 0 Å². The van der Waals surface area contributed by atoms with E-state index >= 15 is 0 Å². The van der Waals surface area contributed by atoms with E-state index in [4.69, 9.17) is 13.3 Å². The third kappa shape index (κ3) is 7.74. The molecule has 6 heteroatoms. The number of hydrogen-bond donors (Lipinski definition) is 0. The Balaban J connectivity index is 0.000000585. The minimum Gasteiger partial charge on any atom is -0.379 e. The molecule has 0 aliphatic rings. The van der Waals surface area contributed by atoms with Crippen molar-refractivity contribution in [3.05, 3.63) is 35.9 Å². The van der Waals surface area contributed by atoms with Gasteiger partial charge in [-0.05, 0) is 30.7 Å². The normalized spacial score (nSPS) is 11.5. The van der Waals surface area contributed by atoms with Crippen LogP contribution in [0, 0.1) is 0 Å². The molecule has 4 nitrogen and oxygen atoms in total. The standard InChI is InChI=1S/C14H25NSi.C3H10O3Si/c1-5-16(6-2,7-3)15(4)13-14-11-9-8-10-12-14;1-4-7(5-2)6-3/h8-12H,5-7,13H2,1-4H3;7H,1-3H3. The molecule has 0 spiro atoms. The first-order valence-corrected chi connectivity index (χ1v) is 12.3. The zero-order chi connectivity index (χ0) is 17.7. The lowest BCUT2D eigenvalue weighted by Gasteiger charge is -2.38. The molecule has 0 heterocycles. The quantitative estimate of drug-likeness (QED) is 0.630. The SMILES string of the molecule is CC[Si](CC)(CC)N(C)Cc1ccccc1.CO[SiH](OC)OC. The van der Waals surface area contributed by atoms with E-state index in [0.717, 1.165) is 6.54 Å². The highest BCUT2D eigenvalue weighted by atomic mass is 28.3. The molecule has 0 unspecified atom stereocenters. The van der Waals surface area contributed by atoms with Crippen LogP contribution < -0.4 is 0 Å². The van der Waals surface area contributed by atoms with E-state index < -0.39 is 17.8 Å². The highest BCUT2D eigenvalue weighted by Crippen LogP contribution is 2.25. The van der Waals surface area contributed by atoms with E-state index in [2.05, 4.69) is 62.7 Å². The first kappa shape index (κ1) is 22.5. The topological polar surface area (TPSA) is 30.9 Å². The van der Waals surface area contributed by atoms with E-state index in [-0.39, 0.29) is 0 Å². The van der Waals surface area contributed by atoms with Gasteiger partial charge in [-0.15, -0.1) is 0 Å². The fourth-order valence-electron chi connectivity index (χ4n) is 2.87. The second-order valence-electron chi connectivity index (χ2n) is 5.62. The van der Waals surface area contributed by atoms with Crippen molar-refractivity contribution < 1.29 is 13.3 Å². The fourth-order valence-corrected chi connectivity index (χ4v) is 7.09. The summed E-state index contributed by atoms with van der Waals surface area (Å²) in [6, 6.07) is 14.9. The highest BCUT2D eigenvalue weighted by Gasteiger charge is 2.31. The Bertz CT molecular complexity index is 371. The van der Waals surface area contributed by atoms with Crippen LogP contribution in [0.15, 0.2) is 30.3 Å².